The molecule has 0 bridgehead atoms. The van der Waals surface area contributed by atoms with Crippen molar-refractivity contribution in [2.75, 3.05) is 7.11 Å². The predicted octanol–water partition coefficient (Wildman–Crippen LogP) is 4.03. The van der Waals surface area contributed by atoms with Crippen LogP contribution in [0.1, 0.15) is 74.1 Å². The normalized spacial score (nSPS) is 31.3. The number of rotatable bonds is 13. The molecule has 52 heavy (non-hydrogen) atoms. The first-order chi connectivity index (χ1) is 24.1. The fourth-order valence-electron chi connectivity index (χ4n) is 6.41. The molecule has 0 aromatic heterocycles. The number of aliphatic hydroxyl groups excluding tert-OH is 1. The van der Waals surface area contributed by atoms with E-state index in [9.17, 15) is 42.1 Å². The van der Waals surface area contributed by atoms with Gasteiger partial charge < -0.3 is 34.3 Å². The summed E-state index contributed by atoms with van der Waals surface area (Å²) in [5.41, 5.74) is -2.95. The van der Waals surface area contributed by atoms with Crippen molar-refractivity contribution >= 4 is 22.0 Å². The Balaban J connectivity index is 1.96. The van der Waals surface area contributed by atoms with E-state index in [-0.39, 0.29) is 31.3 Å². The van der Waals surface area contributed by atoms with E-state index in [0.29, 0.717) is 24.1 Å². The van der Waals surface area contributed by atoms with Gasteiger partial charge in [-0.05, 0) is 69.9 Å². The molecule has 1 aromatic rings. The molecule has 2 unspecified atom stereocenters. The molecule has 11 atom stereocenters. The van der Waals surface area contributed by atoms with Crippen molar-refractivity contribution in [3.8, 4) is 0 Å². The van der Waals surface area contributed by atoms with E-state index in [1.54, 1.807) is 33.1 Å². The van der Waals surface area contributed by atoms with Crippen molar-refractivity contribution in [1.29, 1.82) is 0 Å². The number of hydrogen-bond donors (Lipinski definition) is 4. The van der Waals surface area contributed by atoms with Crippen LogP contribution in [0.3, 0.4) is 0 Å². The third kappa shape index (κ3) is 11.5. The molecule has 3 rings (SSSR count). The SMILES string of the molecule is CC[C@H](OC)[C@@H](C)[C@H]1O[C@@H]1C(NS(=O)(=O)c1ccc(F)c(F)c1)C(C)(O)/C=C/C=C(\C)[C@@H]1OC(=O)C[C@H](O)CC[C@@](C)(O)[C@@H](OC(C)=O)/C=C/[C@@H]1C. The van der Waals surface area contributed by atoms with Gasteiger partial charge in [0.05, 0.1) is 41.3 Å². The van der Waals surface area contributed by atoms with E-state index in [1.165, 1.54) is 39.0 Å². The number of benzene rings is 1. The van der Waals surface area contributed by atoms with Gasteiger partial charge in [0.1, 0.15) is 23.9 Å². The van der Waals surface area contributed by atoms with Gasteiger partial charge in [0, 0.05) is 25.9 Å². The smallest absolute Gasteiger partial charge is 0.309 e. The lowest BCUT2D eigenvalue weighted by molar-refractivity contribution is -0.157. The lowest BCUT2D eigenvalue weighted by atomic mass is 9.87. The molecule has 0 saturated carbocycles. The van der Waals surface area contributed by atoms with Crippen LogP contribution in [-0.4, -0.2) is 96.7 Å². The van der Waals surface area contributed by atoms with Crippen LogP contribution in [0.5, 0.6) is 0 Å². The Morgan fingerprint density at radius 1 is 1.21 bits per heavy atom. The first kappa shape index (κ1) is 43.4. The van der Waals surface area contributed by atoms with Gasteiger partial charge in [-0.15, -0.1) is 0 Å². The van der Waals surface area contributed by atoms with Gasteiger partial charge in [0.25, 0.3) is 0 Å². The molecule has 2 heterocycles. The largest absolute Gasteiger partial charge is 0.457 e. The van der Waals surface area contributed by atoms with Crippen molar-refractivity contribution in [2.45, 2.75) is 133 Å². The maximum atomic E-state index is 14.0. The summed E-state index contributed by atoms with van der Waals surface area (Å²) in [5, 5.41) is 33.3. The zero-order valence-corrected chi connectivity index (χ0v) is 31.7. The number of epoxide rings is 1. The lowest BCUT2D eigenvalue weighted by Gasteiger charge is -2.32. The molecule has 4 N–H and O–H groups in total. The number of carbonyl (C=O) groups excluding carboxylic acids is 2. The average Bonchev–Trinajstić information content (AvgIpc) is 3.85. The van der Waals surface area contributed by atoms with Gasteiger partial charge in [-0.25, -0.2) is 21.9 Å². The molecule has 0 aliphatic carbocycles. The Morgan fingerprint density at radius 2 is 1.88 bits per heavy atom. The maximum absolute atomic E-state index is 14.0. The highest BCUT2D eigenvalue weighted by Crippen LogP contribution is 2.39. The summed E-state index contributed by atoms with van der Waals surface area (Å²) in [6.07, 6.45) is 3.28. The molecule has 0 spiro atoms. The van der Waals surface area contributed by atoms with E-state index < -0.39 is 92.2 Å². The van der Waals surface area contributed by atoms with Crippen LogP contribution in [0.15, 0.2) is 59.0 Å². The van der Waals surface area contributed by atoms with Crippen LogP contribution >= 0.6 is 0 Å². The van der Waals surface area contributed by atoms with Gasteiger partial charge >= 0.3 is 11.9 Å². The van der Waals surface area contributed by atoms with E-state index >= 15 is 0 Å². The van der Waals surface area contributed by atoms with E-state index in [1.807, 2.05) is 13.8 Å². The molecule has 0 radical (unpaired) electrons. The Labute approximate surface area is 304 Å². The highest BCUT2D eigenvalue weighted by atomic mass is 32.2. The second-order valence-corrected chi connectivity index (χ2v) is 15.9. The summed E-state index contributed by atoms with van der Waals surface area (Å²) in [6, 6.07) is 0.851. The molecule has 1 fully saturated rings. The average molecular weight is 758 g/mol. The number of nitrogens with one attached hydrogen (secondary N) is 1. The summed E-state index contributed by atoms with van der Waals surface area (Å²) in [7, 11) is -2.94. The van der Waals surface area contributed by atoms with Crippen molar-refractivity contribution in [3.05, 3.63) is 65.8 Å². The maximum Gasteiger partial charge on any atom is 0.309 e. The lowest BCUT2D eigenvalue weighted by Crippen LogP contribution is -2.54. The van der Waals surface area contributed by atoms with Crippen LogP contribution in [0.2, 0.25) is 0 Å². The monoisotopic (exact) mass is 757 g/mol. The number of hydrogen-bond acceptors (Lipinski definition) is 11. The van der Waals surface area contributed by atoms with Crippen LogP contribution in [-0.2, 0) is 38.6 Å². The highest BCUT2D eigenvalue weighted by molar-refractivity contribution is 7.89. The number of halogens is 2. The standard InChI is InChI=1S/C37H53F2NO11S/c1-9-29(48-8)23(4)33-34(51-33)35(40-52(46,47)26-13-14-27(38)28(39)20-26)37(7,45)17-10-11-21(2)32-22(3)12-15-30(49-24(5)41)36(6,44)18-16-25(42)19-31(43)50-32/h10-15,17,20,22-23,25,29-30,32-35,40,42,44-45H,9,16,18-19H2,1-8H3/b15-12+,17-10+,21-11+/t22-,23+,25+,29-,30-,32-,33+,34-,35?,36+,37?/m0/s1. The number of methoxy groups -OCH3 is 1. The van der Waals surface area contributed by atoms with Crippen molar-refractivity contribution in [3.63, 3.8) is 0 Å². The molecular formula is C37H53F2NO11S. The predicted molar refractivity (Wildman–Crippen MR) is 187 cm³/mol. The van der Waals surface area contributed by atoms with Gasteiger partial charge in [0.15, 0.2) is 11.6 Å². The Bertz CT molecular complexity index is 1610. The van der Waals surface area contributed by atoms with Crippen molar-refractivity contribution in [1.82, 2.24) is 4.72 Å². The number of ether oxygens (including phenoxy) is 4. The molecule has 15 heteroatoms. The van der Waals surface area contributed by atoms with Gasteiger partial charge in [-0.1, -0.05) is 45.1 Å². The summed E-state index contributed by atoms with van der Waals surface area (Å²) >= 11 is 0. The number of cyclic esters (lactones) is 1. The second kappa shape index (κ2) is 17.9. The quantitative estimate of drug-likeness (QED) is 0.0988. The van der Waals surface area contributed by atoms with Crippen molar-refractivity contribution in [2.24, 2.45) is 11.8 Å². The topological polar surface area (TPSA) is 181 Å². The Hall–Kier alpha value is -3.05. The first-order valence-corrected chi connectivity index (χ1v) is 18.8. The fraction of sp³-hybridized carbons (Fsp3) is 0.622. The van der Waals surface area contributed by atoms with Crippen LogP contribution in [0.25, 0.3) is 0 Å². The minimum absolute atomic E-state index is 0.0382. The minimum Gasteiger partial charge on any atom is -0.457 e. The minimum atomic E-state index is -4.50. The third-order valence-electron chi connectivity index (χ3n) is 9.67. The summed E-state index contributed by atoms with van der Waals surface area (Å²) in [6.45, 7) is 11.3. The highest BCUT2D eigenvalue weighted by Gasteiger charge is 2.55. The van der Waals surface area contributed by atoms with E-state index in [2.05, 4.69) is 4.72 Å². The number of aliphatic hydroxyl groups is 3. The molecule has 2 aliphatic heterocycles. The van der Waals surface area contributed by atoms with Crippen molar-refractivity contribution < 1.29 is 61.1 Å². The number of esters is 2. The molecular weight excluding hydrogens is 704 g/mol. The second-order valence-electron chi connectivity index (χ2n) is 14.2. The number of sulfonamides is 1. The van der Waals surface area contributed by atoms with E-state index in [4.69, 9.17) is 18.9 Å². The number of allylic oxidation sites excluding steroid dienone is 2. The fourth-order valence-corrected chi connectivity index (χ4v) is 7.76. The molecule has 1 saturated heterocycles. The third-order valence-corrected chi connectivity index (χ3v) is 11.1. The van der Waals surface area contributed by atoms with E-state index in [0.717, 1.165) is 6.07 Å². The zero-order chi connectivity index (χ0) is 39.2. The first-order valence-electron chi connectivity index (χ1n) is 17.3. The van der Waals surface area contributed by atoms with Crippen LogP contribution < -0.4 is 4.72 Å². The summed E-state index contributed by atoms with van der Waals surface area (Å²) in [4.78, 5) is 24.1. The summed E-state index contributed by atoms with van der Waals surface area (Å²) < 4.78 is 79.5. The zero-order valence-electron chi connectivity index (χ0n) is 30.9. The molecule has 12 nitrogen and oxygen atoms in total. The van der Waals surface area contributed by atoms with Gasteiger partial charge in [-0.2, -0.15) is 0 Å². The Morgan fingerprint density at radius 3 is 2.48 bits per heavy atom. The summed E-state index contributed by atoms with van der Waals surface area (Å²) in [5.74, 6) is -4.59. The van der Waals surface area contributed by atoms with Crippen LogP contribution in [0, 0.1) is 23.5 Å². The molecule has 0 amide bonds. The Kier molecular flexibility index (Phi) is 14.9. The molecule has 1 aromatic carbocycles. The molecule has 2 aliphatic rings. The van der Waals surface area contributed by atoms with Crippen LogP contribution in [0.4, 0.5) is 8.78 Å². The van der Waals surface area contributed by atoms with Gasteiger partial charge in [0.2, 0.25) is 10.0 Å². The van der Waals surface area contributed by atoms with Gasteiger partial charge in [-0.3, -0.25) is 9.59 Å². The number of carbonyl (C=O) groups is 2. The molecule has 292 valence electrons.